The average Bonchev–Trinajstić information content (AvgIpc) is 2.66. The van der Waals surface area contributed by atoms with Crippen LogP contribution in [0.2, 0.25) is 0 Å². The molecular weight excluding hydrogens is 336 g/mol. The number of carbonyl (C=O) groups excluding carboxylic acids is 1. The number of benzene rings is 1. The molecule has 0 amide bonds. The highest BCUT2D eigenvalue weighted by Crippen LogP contribution is 2.41. The lowest BCUT2D eigenvalue weighted by Gasteiger charge is -2.34. The molecule has 0 saturated heterocycles. The van der Waals surface area contributed by atoms with Gasteiger partial charge < -0.3 is 5.11 Å². The van der Waals surface area contributed by atoms with Crippen molar-refractivity contribution >= 4 is 11.8 Å². The van der Waals surface area contributed by atoms with Crippen LogP contribution in [0.5, 0.6) is 0 Å². The molecule has 3 heteroatoms. The van der Waals surface area contributed by atoms with E-state index in [2.05, 4.69) is 19.9 Å². The molecule has 27 heavy (non-hydrogen) atoms. The largest absolute Gasteiger partial charge is 0.481 e. The average molecular weight is 364 g/mol. The number of carboxylic acid groups (broad SMARTS) is 1. The molecule has 0 saturated carbocycles. The van der Waals surface area contributed by atoms with Crippen LogP contribution >= 0.6 is 0 Å². The molecule has 2 unspecified atom stereocenters. The molecule has 1 aliphatic rings. The Morgan fingerprint density at radius 1 is 1.07 bits per heavy atom. The van der Waals surface area contributed by atoms with Crippen molar-refractivity contribution in [3.63, 3.8) is 0 Å². The number of allylic oxidation sites excluding steroid dienone is 7. The molecule has 1 aromatic carbocycles. The first kappa shape index (κ1) is 20.6. The molecule has 0 aliphatic heterocycles. The number of carboxylic acids is 1. The van der Waals surface area contributed by atoms with E-state index in [1.54, 1.807) is 48.6 Å². The van der Waals surface area contributed by atoms with Crippen LogP contribution in [0.4, 0.5) is 0 Å². The lowest BCUT2D eigenvalue weighted by atomic mass is 9.66. The van der Waals surface area contributed by atoms with Crippen LogP contribution in [0.1, 0.15) is 50.4 Å². The van der Waals surface area contributed by atoms with Gasteiger partial charge in [-0.2, -0.15) is 0 Å². The number of rotatable bonds is 8. The number of hydrogen-bond donors (Lipinski definition) is 1. The Hall–Kier alpha value is -2.68. The monoisotopic (exact) mass is 364 g/mol. The summed E-state index contributed by atoms with van der Waals surface area (Å²) in [5, 5.41) is 9.77. The summed E-state index contributed by atoms with van der Waals surface area (Å²) in [5.41, 5.74) is 1.89. The maximum Gasteiger partial charge on any atom is 0.311 e. The smallest absolute Gasteiger partial charge is 0.311 e. The lowest BCUT2D eigenvalue weighted by Crippen LogP contribution is -2.41. The van der Waals surface area contributed by atoms with Crippen molar-refractivity contribution in [1.82, 2.24) is 0 Å². The third-order valence-electron chi connectivity index (χ3n) is 4.97. The summed E-state index contributed by atoms with van der Waals surface area (Å²) in [5.74, 6) is -2.00. The van der Waals surface area contributed by atoms with Gasteiger partial charge in [0.15, 0.2) is 5.78 Å². The van der Waals surface area contributed by atoms with E-state index in [0.29, 0.717) is 12.0 Å². The number of ketones is 1. The summed E-state index contributed by atoms with van der Waals surface area (Å²) >= 11 is 0. The normalized spacial score (nSPS) is 21.7. The van der Waals surface area contributed by atoms with E-state index in [1.807, 2.05) is 19.1 Å². The molecule has 3 nitrogen and oxygen atoms in total. The van der Waals surface area contributed by atoms with Gasteiger partial charge in [0, 0.05) is 5.56 Å². The van der Waals surface area contributed by atoms with E-state index < -0.39 is 17.3 Å². The Morgan fingerprint density at radius 2 is 1.78 bits per heavy atom. The van der Waals surface area contributed by atoms with Gasteiger partial charge in [-0.25, -0.2) is 0 Å². The van der Waals surface area contributed by atoms with Gasteiger partial charge in [-0.15, -0.1) is 0 Å². The van der Waals surface area contributed by atoms with Crippen LogP contribution < -0.4 is 0 Å². The molecule has 2 rings (SSSR count). The highest BCUT2D eigenvalue weighted by Gasteiger charge is 2.46. The molecule has 142 valence electrons. The summed E-state index contributed by atoms with van der Waals surface area (Å²) in [6.45, 7) is 6.18. The predicted molar refractivity (Wildman–Crippen MR) is 110 cm³/mol. The lowest BCUT2D eigenvalue weighted by molar-refractivity contribution is -0.142. The van der Waals surface area contributed by atoms with Crippen molar-refractivity contribution in [2.24, 2.45) is 11.3 Å². The van der Waals surface area contributed by atoms with Gasteiger partial charge in [-0.1, -0.05) is 77.9 Å². The van der Waals surface area contributed by atoms with E-state index in [4.69, 9.17) is 0 Å². The fraction of sp³-hybridized carbons (Fsp3) is 0.333. The summed E-state index contributed by atoms with van der Waals surface area (Å²) in [4.78, 5) is 25.3. The summed E-state index contributed by atoms with van der Waals surface area (Å²) in [7, 11) is 0. The molecular formula is C24H28O3. The minimum Gasteiger partial charge on any atom is -0.481 e. The van der Waals surface area contributed by atoms with Gasteiger partial charge in [-0.3, -0.25) is 9.59 Å². The van der Waals surface area contributed by atoms with E-state index in [-0.39, 0.29) is 5.78 Å². The van der Waals surface area contributed by atoms with Gasteiger partial charge in [0.2, 0.25) is 0 Å². The van der Waals surface area contributed by atoms with Crippen LogP contribution in [0.3, 0.4) is 0 Å². The highest BCUT2D eigenvalue weighted by molar-refractivity contribution is 6.04. The SMILES string of the molecule is CC(C)=CCC/C(C)=C/CC1(C(=O)c2ccccc2)C=CC=CC1C(=O)O. The number of carbonyl (C=O) groups is 2. The fourth-order valence-corrected chi connectivity index (χ4v) is 3.38. The van der Waals surface area contributed by atoms with Crippen molar-refractivity contribution in [2.75, 3.05) is 0 Å². The van der Waals surface area contributed by atoms with Crippen LogP contribution in [-0.2, 0) is 4.79 Å². The summed E-state index contributed by atoms with van der Waals surface area (Å²) in [6.07, 6.45) is 13.3. The molecule has 1 aliphatic carbocycles. The maximum atomic E-state index is 13.4. The Kier molecular flexibility index (Phi) is 7.12. The zero-order valence-corrected chi connectivity index (χ0v) is 16.3. The molecule has 2 atom stereocenters. The van der Waals surface area contributed by atoms with Crippen molar-refractivity contribution in [3.05, 3.63) is 83.5 Å². The molecule has 0 spiro atoms. The first-order chi connectivity index (χ1) is 12.9. The topological polar surface area (TPSA) is 54.4 Å². The Labute approximate surface area is 161 Å². The third kappa shape index (κ3) is 5.16. The maximum absolute atomic E-state index is 13.4. The second-order valence-corrected chi connectivity index (χ2v) is 7.37. The number of aliphatic carboxylic acids is 1. The van der Waals surface area contributed by atoms with Crippen molar-refractivity contribution in [2.45, 2.75) is 40.0 Å². The molecule has 0 heterocycles. The Bertz CT molecular complexity index is 792. The molecule has 1 aromatic rings. The van der Waals surface area contributed by atoms with Crippen LogP contribution in [0.15, 0.2) is 77.9 Å². The molecule has 0 bridgehead atoms. The summed E-state index contributed by atoms with van der Waals surface area (Å²) < 4.78 is 0. The van der Waals surface area contributed by atoms with E-state index >= 15 is 0 Å². The van der Waals surface area contributed by atoms with Crippen LogP contribution in [-0.4, -0.2) is 16.9 Å². The van der Waals surface area contributed by atoms with Gasteiger partial charge in [-0.05, 0) is 40.0 Å². The quantitative estimate of drug-likeness (QED) is 0.471. The second kappa shape index (κ2) is 9.31. The van der Waals surface area contributed by atoms with Crippen LogP contribution in [0.25, 0.3) is 0 Å². The standard InChI is InChI=1S/C24H28O3/c1-18(2)10-9-11-19(3)15-17-24(16-8-7-14-21(24)23(26)27)22(25)20-12-5-4-6-13-20/h4-8,10,12-16,21H,9,11,17H2,1-3H3,(H,26,27)/b19-15+. The molecule has 0 radical (unpaired) electrons. The Balaban J connectivity index is 2.35. The third-order valence-corrected chi connectivity index (χ3v) is 4.97. The van der Waals surface area contributed by atoms with Crippen molar-refractivity contribution in [3.8, 4) is 0 Å². The minimum atomic E-state index is -1.10. The first-order valence-electron chi connectivity index (χ1n) is 9.34. The Morgan fingerprint density at radius 3 is 2.41 bits per heavy atom. The summed E-state index contributed by atoms with van der Waals surface area (Å²) in [6, 6.07) is 8.96. The second-order valence-electron chi connectivity index (χ2n) is 7.37. The van der Waals surface area contributed by atoms with Crippen molar-refractivity contribution in [1.29, 1.82) is 0 Å². The van der Waals surface area contributed by atoms with Crippen LogP contribution in [0, 0.1) is 11.3 Å². The predicted octanol–water partition coefficient (Wildman–Crippen LogP) is 5.77. The fourth-order valence-electron chi connectivity index (χ4n) is 3.38. The number of hydrogen-bond acceptors (Lipinski definition) is 2. The molecule has 0 fully saturated rings. The van der Waals surface area contributed by atoms with Gasteiger partial charge in [0.05, 0.1) is 11.3 Å². The van der Waals surface area contributed by atoms with Gasteiger partial charge >= 0.3 is 5.97 Å². The molecule has 1 N–H and O–H groups in total. The van der Waals surface area contributed by atoms with E-state index in [1.165, 1.54) is 11.1 Å². The van der Waals surface area contributed by atoms with Crippen molar-refractivity contribution < 1.29 is 14.7 Å². The van der Waals surface area contributed by atoms with Gasteiger partial charge in [0.1, 0.15) is 0 Å². The van der Waals surface area contributed by atoms with E-state index in [0.717, 1.165) is 12.8 Å². The first-order valence-corrected chi connectivity index (χ1v) is 9.34. The molecule has 0 aromatic heterocycles. The highest BCUT2D eigenvalue weighted by atomic mass is 16.4. The van der Waals surface area contributed by atoms with Gasteiger partial charge in [0.25, 0.3) is 0 Å². The zero-order valence-electron chi connectivity index (χ0n) is 16.3. The minimum absolute atomic E-state index is 0.149. The number of Topliss-reactive ketones (excluding diaryl/α,β-unsaturated/α-hetero) is 1. The zero-order chi connectivity index (χ0) is 19.9. The van der Waals surface area contributed by atoms with E-state index in [9.17, 15) is 14.7 Å².